The van der Waals surface area contributed by atoms with E-state index in [-0.39, 0.29) is 58.2 Å². The van der Waals surface area contributed by atoms with Crippen molar-refractivity contribution in [2.24, 2.45) is 0 Å². The average Bonchev–Trinajstić information content (AvgIpc) is 2.47. The zero-order valence-electron chi connectivity index (χ0n) is 8.15. The maximum Gasteiger partial charge on any atom is 1.00 e. The molecule has 3 nitrogen and oxygen atoms in total. The molecule has 0 spiro atoms. The predicted molar refractivity (Wildman–Crippen MR) is 45.9 cm³/mol. The molecule has 0 fully saturated rings. The SMILES string of the molecule is CC(C)c1cnn2c[c-]ncc12.[Rb+]. The molecule has 2 aromatic rings. The minimum Gasteiger partial charge on any atom is -0.456 e. The number of nitrogens with zero attached hydrogens (tertiary/aromatic N) is 3. The first kappa shape index (κ1) is 11.5. The number of aromatic nitrogens is 3. The normalized spacial score (nSPS) is 10.4. The van der Waals surface area contributed by atoms with Gasteiger partial charge in [0.2, 0.25) is 0 Å². The van der Waals surface area contributed by atoms with E-state index in [1.165, 1.54) is 5.56 Å². The molecular weight excluding hydrogens is 236 g/mol. The van der Waals surface area contributed by atoms with E-state index in [9.17, 15) is 0 Å². The second kappa shape index (κ2) is 4.78. The first-order chi connectivity index (χ1) is 5.79. The first-order valence-electron chi connectivity index (χ1n) is 3.98. The van der Waals surface area contributed by atoms with Crippen molar-refractivity contribution in [1.82, 2.24) is 14.6 Å². The van der Waals surface area contributed by atoms with Crippen molar-refractivity contribution in [1.29, 1.82) is 0 Å². The van der Waals surface area contributed by atoms with Gasteiger partial charge in [-0.25, -0.2) is 0 Å². The van der Waals surface area contributed by atoms with Crippen molar-refractivity contribution in [2.75, 3.05) is 0 Å². The van der Waals surface area contributed by atoms with Gasteiger partial charge in [-0.3, -0.25) is 4.52 Å². The molecule has 4 heteroatoms. The summed E-state index contributed by atoms with van der Waals surface area (Å²) in [5, 5.41) is 4.19. The van der Waals surface area contributed by atoms with Crippen LogP contribution in [0.4, 0.5) is 0 Å². The molecule has 0 amide bonds. The molecule has 0 atom stereocenters. The van der Waals surface area contributed by atoms with E-state index in [1.807, 2.05) is 6.20 Å². The minimum absolute atomic E-state index is 0. The second-order valence-electron chi connectivity index (χ2n) is 3.10. The first-order valence-corrected chi connectivity index (χ1v) is 3.98. The molecule has 0 saturated carbocycles. The number of hydrogen-bond acceptors (Lipinski definition) is 2. The van der Waals surface area contributed by atoms with Crippen LogP contribution >= 0.6 is 0 Å². The Morgan fingerprint density at radius 2 is 2.15 bits per heavy atom. The van der Waals surface area contributed by atoms with Gasteiger partial charge in [-0.1, -0.05) is 13.8 Å². The summed E-state index contributed by atoms with van der Waals surface area (Å²) in [6.45, 7) is 4.29. The summed E-state index contributed by atoms with van der Waals surface area (Å²) in [7, 11) is 0. The third-order valence-corrected chi connectivity index (χ3v) is 1.93. The Bertz CT molecular complexity index is 394. The molecule has 0 aliphatic rings. The van der Waals surface area contributed by atoms with Gasteiger partial charge in [-0.2, -0.15) is 5.10 Å². The summed E-state index contributed by atoms with van der Waals surface area (Å²) in [5.74, 6) is 0.492. The number of rotatable bonds is 1. The molecule has 62 valence electrons. The summed E-state index contributed by atoms with van der Waals surface area (Å²) in [6.07, 6.45) is 8.15. The van der Waals surface area contributed by atoms with Crippen LogP contribution in [-0.2, 0) is 0 Å². The molecule has 2 aromatic heterocycles. The van der Waals surface area contributed by atoms with E-state index < -0.39 is 0 Å². The van der Waals surface area contributed by atoms with Crippen molar-refractivity contribution < 1.29 is 58.2 Å². The maximum absolute atomic E-state index is 4.19. The van der Waals surface area contributed by atoms with E-state index in [0.29, 0.717) is 5.92 Å². The molecule has 0 N–H and O–H groups in total. The zero-order valence-corrected chi connectivity index (χ0v) is 13.1. The fraction of sp³-hybridized carbons (Fsp3) is 0.333. The van der Waals surface area contributed by atoms with Crippen molar-refractivity contribution in [3.63, 3.8) is 0 Å². The predicted octanol–water partition coefficient (Wildman–Crippen LogP) is -1.34. The van der Waals surface area contributed by atoms with E-state index in [0.717, 1.165) is 5.52 Å². The van der Waals surface area contributed by atoms with Gasteiger partial charge in [0.25, 0.3) is 0 Å². The van der Waals surface area contributed by atoms with Crippen molar-refractivity contribution in [3.8, 4) is 0 Å². The summed E-state index contributed by atoms with van der Waals surface area (Å²) < 4.78 is 1.79. The van der Waals surface area contributed by atoms with Gasteiger partial charge in [0.05, 0.1) is 6.20 Å². The van der Waals surface area contributed by atoms with Crippen LogP contribution < -0.4 is 58.2 Å². The van der Waals surface area contributed by atoms with Crippen LogP contribution in [0, 0.1) is 6.20 Å². The standard InChI is InChI=1S/C9H10N3.Rb/c1-7(2)8-5-11-12-4-3-10-6-9(8)12;/h4-7H,1-2H3;/q-1;+1. The van der Waals surface area contributed by atoms with Crippen molar-refractivity contribution in [3.05, 3.63) is 30.4 Å². The quantitative estimate of drug-likeness (QED) is 0.582. The molecule has 0 aliphatic heterocycles. The van der Waals surface area contributed by atoms with Crippen molar-refractivity contribution >= 4 is 5.52 Å². The average molecular weight is 246 g/mol. The van der Waals surface area contributed by atoms with Gasteiger partial charge in [0.1, 0.15) is 0 Å². The zero-order chi connectivity index (χ0) is 8.55. The minimum atomic E-state index is 0. The van der Waals surface area contributed by atoms with E-state index >= 15 is 0 Å². The summed E-state index contributed by atoms with van der Waals surface area (Å²) in [4.78, 5) is 3.94. The molecule has 0 aliphatic carbocycles. The Morgan fingerprint density at radius 1 is 1.38 bits per heavy atom. The Morgan fingerprint density at radius 3 is 2.85 bits per heavy atom. The van der Waals surface area contributed by atoms with E-state index in [2.05, 4.69) is 30.1 Å². The molecule has 2 heterocycles. The second-order valence-corrected chi connectivity index (χ2v) is 3.10. The van der Waals surface area contributed by atoms with E-state index in [1.54, 1.807) is 16.9 Å². The Kier molecular flexibility index (Phi) is 4.23. The molecule has 2 rings (SSSR count). The van der Waals surface area contributed by atoms with Gasteiger partial charge in [-0.05, 0) is 17.7 Å². The molecule has 13 heavy (non-hydrogen) atoms. The van der Waals surface area contributed by atoms with Crippen LogP contribution in [0.2, 0.25) is 0 Å². The van der Waals surface area contributed by atoms with Crippen LogP contribution in [0.25, 0.3) is 5.52 Å². The summed E-state index contributed by atoms with van der Waals surface area (Å²) in [6, 6.07) is 0. The van der Waals surface area contributed by atoms with Crippen molar-refractivity contribution in [2.45, 2.75) is 19.8 Å². The maximum atomic E-state index is 4.19. The van der Waals surface area contributed by atoms with Crippen LogP contribution in [0.3, 0.4) is 0 Å². The van der Waals surface area contributed by atoms with Crippen LogP contribution in [0.5, 0.6) is 0 Å². The largest absolute Gasteiger partial charge is 1.00 e. The van der Waals surface area contributed by atoms with Gasteiger partial charge in [0.15, 0.2) is 0 Å². The molecule has 0 radical (unpaired) electrons. The Labute approximate surface area is 126 Å². The van der Waals surface area contributed by atoms with Gasteiger partial charge < -0.3 is 4.98 Å². The Balaban J connectivity index is 0.000000845. The van der Waals surface area contributed by atoms with Crippen LogP contribution in [0.15, 0.2) is 18.6 Å². The van der Waals surface area contributed by atoms with E-state index in [4.69, 9.17) is 0 Å². The third kappa shape index (κ3) is 2.26. The topological polar surface area (TPSA) is 30.2 Å². The molecule has 0 unspecified atom stereocenters. The third-order valence-electron chi connectivity index (χ3n) is 1.93. The van der Waals surface area contributed by atoms with Crippen LogP contribution in [-0.4, -0.2) is 14.6 Å². The Hall–Kier alpha value is 0.425. The molecule has 0 saturated heterocycles. The monoisotopic (exact) mass is 245 g/mol. The van der Waals surface area contributed by atoms with Crippen LogP contribution in [0.1, 0.15) is 25.3 Å². The molecular formula is C9H10N3Rb. The molecule has 0 bridgehead atoms. The fourth-order valence-electron chi connectivity index (χ4n) is 1.25. The number of hydrogen-bond donors (Lipinski definition) is 0. The summed E-state index contributed by atoms with van der Waals surface area (Å²) in [5.41, 5.74) is 2.31. The van der Waals surface area contributed by atoms with Gasteiger partial charge in [-0.15, -0.1) is 12.4 Å². The van der Waals surface area contributed by atoms with Gasteiger partial charge in [0, 0.05) is 5.52 Å². The fourth-order valence-corrected chi connectivity index (χ4v) is 1.25. The smallest absolute Gasteiger partial charge is 0.456 e. The van der Waals surface area contributed by atoms with Gasteiger partial charge >= 0.3 is 58.2 Å². The number of fused-ring (bicyclic) bond motifs is 1. The summed E-state index contributed by atoms with van der Waals surface area (Å²) >= 11 is 0. The molecule has 0 aromatic carbocycles.